The van der Waals surface area contributed by atoms with E-state index in [-0.39, 0.29) is 29.6 Å². The second-order valence-corrected chi connectivity index (χ2v) is 7.25. The normalized spacial score (nSPS) is 13.2. The number of nitrogens with one attached hydrogen (secondary N) is 1. The van der Waals surface area contributed by atoms with Gasteiger partial charge < -0.3 is 5.32 Å². The minimum atomic E-state index is -0.692. The first-order valence-corrected chi connectivity index (χ1v) is 9.06. The SMILES string of the molecule is CC(C)c1csc(-c2cc(-c3c(F)cccc3F)nc3c2C(=O)NC3)n1. The number of amides is 1. The second kappa shape index (κ2) is 6.25. The molecular formula is C19H15F2N3OS. The van der Waals surface area contributed by atoms with Crippen LogP contribution in [0.15, 0.2) is 29.6 Å². The molecule has 0 unspecified atom stereocenters. The summed E-state index contributed by atoms with van der Waals surface area (Å²) >= 11 is 1.40. The Hall–Kier alpha value is -2.67. The first-order chi connectivity index (χ1) is 12.5. The lowest BCUT2D eigenvalue weighted by Crippen LogP contribution is -2.13. The first kappa shape index (κ1) is 16.8. The molecule has 1 aliphatic heterocycles. The number of hydrogen-bond donors (Lipinski definition) is 1. The summed E-state index contributed by atoms with van der Waals surface area (Å²) < 4.78 is 28.5. The van der Waals surface area contributed by atoms with Crippen LogP contribution in [-0.4, -0.2) is 15.9 Å². The van der Waals surface area contributed by atoms with Crippen molar-refractivity contribution in [1.82, 2.24) is 15.3 Å². The number of pyridine rings is 1. The summed E-state index contributed by atoms with van der Waals surface area (Å²) in [6.45, 7) is 4.29. The highest BCUT2D eigenvalue weighted by atomic mass is 32.1. The molecule has 1 aromatic carbocycles. The zero-order valence-corrected chi connectivity index (χ0v) is 15.0. The van der Waals surface area contributed by atoms with Gasteiger partial charge in [0.2, 0.25) is 0 Å². The zero-order chi connectivity index (χ0) is 18.4. The summed E-state index contributed by atoms with van der Waals surface area (Å²) in [6.07, 6.45) is 0. The van der Waals surface area contributed by atoms with E-state index in [2.05, 4.69) is 15.3 Å². The number of aromatic nitrogens is 2. The van der Waals surface area contributed by atoms with Gasteiger partial charge >= 0.3 is 0 Å². The number of carbonyl (C=O) groups is 1. The Balaban J connectivity index is 1.96. The molecule has 0 radical (unpaired) electrons. The van der Waals surface area contributed by atoms with Crippen molar-refractivity contribution in [1.29, 1.82) is 0 Å². The molecule has 1 amide bonds. The van der Waals surface area contributed by atoms with Crippen molar-refractivity contribution in [3.8, 4) is 21.8 Å². The van der Waals surface area contributed by atoms with Gasteiger partial charge in [-0.1, -0.05) is 19.9 Å². The van der Waals surface area contributed by atoms with Crippen LogP contribution in [-0.2, 0) is 6.54 Å². The van der Waals surface area contributed by atoms with Gasteiger partial charge in [0.1, 0.15) is 16.6 Å². The van der Waals surface area contributed by atoms with Crippen LogP contribution in [0.2, 0.25) is 0 Å². The number of fused-ring (bicyclic) bond motifs is 1. The predicted molar refractivity (Wildman–Crippen MR) is 96.0 cm³/mol. The number of benzene rings is 1. The molecule has 132 valence electrons. The molecule has 7 heteroatoms. The number of carbonyl (C=O) groups excluding carboxylic acids is 1. The molecule has 0 fully saturated rings. The molecule has 3 heterocycles. The summed E-state index contributed by atoms with van der Waals surface area (Å²) in [5.74, 6) is -1.39. The van der Waals surface area contributed by atoms with E-state index in [4.69, 9.17) is 0 Å². The Kier molecular flexibility index (Phi) is 4.03. The van der Waals surface area contributed by atoms with E-state index in [9.17, 15) is 13.6 Å². The van der Waals surface area contributed by atoms with Gasteiger partial charge in [-0.25, -0.2) is 18.7 Å². The van der Waals surface area contributed by atoms with Gasteiger partial charge in [-0.3, -0.25) is 4.79 Å². The Bertz CT molecular complexity index is 1010. The minimum Gasteiger partial charge on any atom is -0.346 e. The van der Waals surface area contributed by atoms with Crippen molar-refractivity contribution in [2.24, 2.45) is 0 Å². The molecule has 0 atom stereocenters. The quantitative estimate of drug-likeness (QED) is 0.737. The number of rotatable bonds is 3. The maximum absolute atomic E-state index is 14.2. The van der Waals surface area contributed by atoms with Crippen LogP contribution in [0.1, 0.15) is 41.5 Å². The van der Waals surface area contributed by atoms with Crippen LogP contribution in [0.25, 0.3) is 21.8 Å². The Morgan fingerprint density at radius 3 is 2.54 bits per heavy atom. The largest absolute Gasteiger partial charge is 0.346 e. The van der Waals surface area contributed by atoms with Gasteiger partial charge in [0.15, 0.2) is 0 Å². The number of halogens is 2. The summed E-state index contributed by atoms with van der Waals surface area (Å²) in [5.41, 5.74) is 2.33. The van der Waals surface area contributed by atoms with E-state index in [1.165, 1.54) is 29.5 Å². The molecule has 0 saturated carbocycles. The molecule has 26 heavy (non-hydrogen) atoms. The molecule has 1 N–H and O–H groups in total. The summed E-state index contributed by atoms with van der Waals surface area (Å²) in [5, 5.41) is 5.30. The Morgan fingerprint density at radius 2 is 1.88 bits per heavy atom. The molecule has 2 aromatic heterocycles. The maximum atomic E-state index is 14.2. The highest BCUT2D eigenvalue weighted by molar-refractivity contribution is 7.13. The predicted octanol–water partition coefficient (Wildman–Crippen LogP) is 4.52. The molecule has 0 aliphatic carbocycles. The lowest BCUT2D eigenvalue weighted by atomic mass is 10.0. The third-order valence-corrected chi connectivity index (χ3v) is 5.19. The van der Waals surface area contributed by atoms with Gasteiger partial charge in [0, 0.05) is 10.9 Å². The molecule has 1 aliphatic rings. The molecule has 0 saturated heterocycles. The molecule has 4 rings (SSSR count). The monoisotopic (exact) mass is 371 g/mol. The van der Waals surface area contributed by atoms with Crippen LogP contribution in [0.5, 0.6) is 0 Å². The number of thiazole rings is 1. The van der Waals surface area contributed by atoms with Gasteiger partial charge in [0.25, 0.3) is 5.91 Å². The van der Waals surface area contributed by atoms with Crippen molar-refractivity contribution < 1.29 is 13.6 Å². The smallest absolute Gasteiger partial charge is 0.254 e. The fourth-order valence-corrected chi connectivity index (χ4v) is 3.95. The maximum Gasteiger partial charge on any atom is 0.254 e. The lowest BCUT2D eigenvalue weighted by molar-refractivity contribution is 0.0966. The van der Waals surface area contributed by atoms with E-state index < -0.39 is 11.6 Å². The molecule has 4 nitrogen and oxygen atoms in total. The van der Waals surface area contributed by atoms with Gasteiger partial charge in [-0.15, -0.1) is 11.3 Å². The standard InChI is InChI=1S/C19H15F2N3OS/c1-9(2)15-8-26-19(24-15)10-6-13(17-11(20)4-3-5-12(17)21)23-14-7-22-18(25)16(10)14/h3-6,8-9H,7H2,1-2H3,(H,22,25). The van der Waals surface area contributed by atoms with Gasteiger partial charge in [-0.05, 0) is 24.1 Å². The highest BCUT2D eigenvalue weighted by Gasteiger charge is 2.28. The van der Waals surface area contributed by atoms with Crippen LogP contribution >= 0.6 is 11.3 Å². The molecule has 0 spiro atoms. The topological polar surface area (TPSA) is 54.9 Å². The average Bonchev–Trinajstić information content (AvgIpc) is 3.22. The van der Waals surface area contributed by atoms with Crippen molar-refractivity contribution in [2.75, 3.05) is 0 Å². The van der Waals surface area contributed by atoms with Crippen LogP contribution < -0.4 is 5.32 Å². The molecular weight excluding hydrogens is 356 g/mol. The summed E-state index contributed by atoms with van der Waals surface area (Å²) in [4.78, 5) is 21.2. The van der Waals surface area contributed by atoms with Crippen molar-refractivity contribution in [3.05, 3.63) is 58.2 Å². The highest BCUT2D eigenvalue weighted by Crippen LogP contribution is 2.36. The second-order valence-electron chi connectivity index (χ2n) is 6.39. The average molecular weight is 371 g/mol. The molecule has 0 bridgehead atoms. The third kappa shape index (κ3) is 2.68. The van der Waals surface area contributed by atoms with Crippen LogP contribution in [0.4, 0.5) is 8.78 Å². The minimum absolute atomic E-state index is 0.159. The third-order valence-electron chi connectivity index (χ3n) is 4.30. The summed E-state index contributed by atoms with van der Waals surface area (Å²) in [6, 6.07) is 5.24. The van der Waals surface area contributed by atoms with E-state index in [0.29, 0.717) is 21.8 Å². The zero-order valence-electron chi connectivity index (χ0n) is 14.1. The number of hydrogen-bond acceptors (Lipinski definition) is 4. The lowest BCUT2D eigenvalue weighted by Gasteiger charge is -2.09. The summed E-state index contributed by atoms with van der Waals surface area (Å²) in [7, 11) is 0. The molecule has 3 aromatic rings. The van der Waals surface area contributed by atoms with Crippen molar-refractivity contribution in [2.45, 2.75) is 26.3 Å². The van der Waals surface area contributed by atoms with E-state index >= 15 is 0 Å². The number of nitrogens with zero attached hydrogens (tertiary/aromatic N) is 2. The van der Waals surface area contributed by atoms with Crippen LogP contribution in [0, 0.1) is 11.6 Å². The fourth-order valence-electron chi connectivity index (χ4n) is 2.95. The van der Waals surface area contributed by atoms with Crippen molar-refractivity contribution >= 4 is 17.2 Å². The van der Waals surface area contributed by atoms with Crippen molar-refractivity contribution in [3.63, 3.8) is 0 Å². The van der Waals surface area contributed by atoms with Crippen LogP contribution in [0.3, 0.4) is 0 Å². The Labute approximate surface area is 152 Å². The first-order valence-electron chi connectivity index (χ1n) is 8.18. The van der Waals surface area contributed by atoms with Gasteiger partial charge in [0.05, 0.1) is 34.8 Å². The Morgan fingerprint density at radius 1 is 1.15 bits per heavy atom. The van der Waals surface area contributed by atoms with E-state index in [0.717, 1.165) is 5.69 Å². The van der Waals surface area contributed by atoms with E-state index in [1.807, 2.05) is 19.2 Å². The van der Waals surface area contributed by atoms with E-state index in [1.54, 1.807) is 6.07 Å². The fraction of sp³-hybridized carbons (Fsp3) is 0.211. The van der Waals surface area contributed by atoms with Gasteiger partial charge in [-0.2, -0.15) is 0 Å².